The molecule has 4 nitrogen and oxygen atoms in total. The number of carboxylic acid groups (broad SMARTS) is 1. The van der Waals surface area contributed by atoms with Crippen LogP contribution in [0, 0.1) is 40.4 Å². The topological polar surface area (TPSA) is 77.8 Å². The van der Waals surface area contributed by atoms with Gasteiger partial charge in [-0.2, -0.15) is 0 Å². The average molecular weight is 445 g/mol. The molecule has 180 valence electrons. The van der Waals surface area contributed by atoms with E-state index in [4.69, 9.17) is 0 Å². The molecule has 0 aromatic rings. The Morgan fingerprint density at radius 2 is 1.91 bits per heavy atom. The highest BCUT2D eigenvalue weighted by molar-refractivity contribution is 5.87. The van der Waals surface area contributed by atoms with E-state index in [2.05, 4.69) is 26.8 Å². The number of rotatable bonds is 6. The van der Waals surface area contributed by atoms with Crippen molar-refractivity contribution in [2.24, 2.45) is 40.4 Å². The lowest BCUT2D eigenvalue weighted by atomic mass is 9.47. The molecule has 4 aliphatic rings. The Balaban J connectivity index is 1.48. The summed E-state index contributed by atoms with van der Waals surface area (Å²) in [7, 11) is 0. The normalized spacial score (nSPS) is 42.8. The number of aliphatic carboxylic acids is 1. The first-order valence-electron chi connectivity index (χ1n) is 13.0. The fraction of sp³-hybridized carbons (Fsp3) is 0.821. The van der Waals surface area contributed by atoms with Crippen molar-refractivity contribution in [1.29, 1.82) is 0 Å². The van der Waals surface area contributed by atoms with E-state index in [9.17, 15) is 20.1 Å². The Hall–Kier alpha value is -1.13. The molecule has 4 rings (SSSR count). The van der Waals surface area contributed by atoms with E-state index in [1.54, 1.807) is 5.57 Å². The minimum atomic E-state index is -0.989. The predicted octanol–water partition coefficient (Wildman–Crippen LogP) is 5.74. The summed E-state index contributed by atoms with van der Waals surface area (Å²) in [5.41, 5.74) is 3.23. The molecule has 0 saturated heterocycles. The second kappa shape index (κ2) is 8.91. The van der Waals surface area contributed by atoms with Crippen molar-refractivity contribution in [2.45, 2.75) is 98.0 Å². The van der Waals surface area contributed by atoms with Gasteiger partial charge in [0.15, 0.2) is 0 Å². The van der Waals surface area contributed by atoms with Crippen LogP contribution in [0.4, 0.5) is 0 Å². The van der Waals surface area contributed by atoms with Crippen LogP contribution in [-0.4, -0.2) is 34.0 Å². The molecule has 0 aromatic heterocycles. The van der Waals surface area contributed by atoms with Gasteiger partial charge in [0.1, 0.15) is 0 Å². The zero-order valence-corrected chi connectivity index (χ0v) is 20.6. The standard InChI is InChI=1S/C28H44O4/c1-17(22(16-29)26(31)32)5-6-18(2)23-9-10-24-21-8-7-19-15-20(30)11-13-27(19,3)25(21)12-14-28(23,24)4/h7,18,20-21,23-25,29-30H,5-6,8-16H2,1-4H3,(H,31,32)/b22-17-/t18-,20?,21?,23?,24?,25?,27+,28?/m1/s1. The van der Waals surface area contributed by atoms with Crippen LogP contribution in [0.2, 0.25) is 0 Å². The lowest BCUT2D eigenvalue weighted by Gasteiger charge is -2.58. The van der Waals surface area contributed by atoms with Gasteiger partial charge in [-0.05, 0) is 112 Å². The molecule has 4 heteroatoms. The van der Waals surface area contributed by atoms with E-state index in [1.165, 1.54) is 32.1 Å². The van der Waals surface area contributed by atoms with E-state index in [0.717, 1.165) is 55.4 Å². The Labute approximate surface area is 194 Å². The van der Waals surface area contributed by atoms with Crippen LogP contribution < -0.4 is 0 Å². The molecule has 32 heavy (non-hydrogen) atoms. The summed E-state index contributed by atoms with van der Waals surface area (Å²) < 4.78 is 0. The van der Waals surface area contributed by atoms with Crippen molar-refractivity contribution in [3.8, 4) is 0 Å². The van der Waals surface area contributed by atoms with Crippen molar-refractivity contribution >= 4 is 5.97 Å². The molecule has 3 fully saturated rings. The Morgan fingerprint density at radius 1 is 1.16 bits per heavy atom. The summed E-state index contributed by atoms with van der Waals surface area (Å²) in [6.07, 6.45) is 13.6. The van der Waals surface area contributed by atoms with Crippen LogP contribution >= 0.6 is 0 Å². The Morgan fingerprint density at radius 3 is 2.59 bits per heavy atom. The van der Waals surface area contributed by atoms with Gasteiger partial charge in [-0.1, -0.05) is 38.0 Å². The van der Waals surface area contributed by atoms with Gasteiger partial charge in [0.25, 0.3) is 0 Å². The smallest absolute Gasteiger partial charge is 0.333 e. The van der Waals surface area contributed by atoms with E-state index in [1.807, 2.05) is 6.92 Å². The van der Waals surface area contributed by atoms with Gasteiger partial charge in [0.2, 0.25) is 0 Å². The molecule has 0 amide bonds. The minimum absolute atomic E-state index is 0.138. The average Bonchev–Trinajstić information content (AvgIpc) is 3.10. The van der Waals surface area contributed by atoms with Gasteiger partial charge in [0.05, 0.1) is 18.3 Å². The summed E-state index contributed by atoms with van der Waals surface area (Å²) in [5.74, 6) is 2.63. The molecule has 0 bridgehead atoms. The lowest BCUT2D eigenvalue weighted by Crippen LogP contribution is -2.50. The minimum Gasteiger partial charge on any atom is -0.478 e. The second-order valence-electron chi connectivity index (χ2n) is 12.1. The molecule has 0 aromatic carbocycles. The maximum atomic E-state index is 11.4. The predicted molar refractivity (Wildman–Crippen MR) is 127 cm³/mol. The first-order valence-corrected chi connectivity index (χ1v) is 13.0. The number of aliphatic hydroxyl groups excluding tert-OH is 2. The third-order valence-electron chi connectivity index (χ3n) is 10.7. The molecule has 0 spiro atoms. The summed E-state index contributed by atoms with van der Waals surface area (Å²) >= 11 is 0. The first kappa shape index (κ1) is 24.0. The number of carboxylic acids is 1. The summed E-state index contributed by atoms with van der Waals surface area (Å²) in [6, 6.07) is 0. The number of allylic oxidation sites excluding steroid dienone is 2. The van der Waals surface area contributed by atoms with Gasteiger partial charge in [-0.15, -0.1) is 0 Å². The van der Waals surface area contributed by atoms with Crippen LogP contribution in [0.3, 0.4) is 0 Å². The quantitative estimate of drug-likeness (QED) is 0.361. The zero-order chi connectivity index (χ0) is 23.3. The lowest BCUT2D eigenvalue weighted by molar-refractivity contribution is -0.133. The number of carbonyl (C=O) groups is 1. The van der Waals surface area contributed by atoms with Crippen LogP contribution in [0.5, 0.6) is 0 Å². The summed E-state index contributed by atoms with van der Waals surface area (Å²) in [4.78, 5) is 11.4. The number of fused-ring (bicyclic) bond motifs is 5. The highest BCUT2D eigenvalue weighted by Crippen LogP contribution is 2.67. The maximum absolute atomic E-state index is 11.4. The van der Waals surface area contributed by atoms with Gasteiger partial charge < -0.3 is 15.3 Å². The SMILES string of the molecule is C/C(CC[C@@H](C)C1CCC2C3CC=C4CC(O)CC[C@]4(C)C3CCC21C)=C(\CO)C(=O)O. The zero-order valence-electron chi connectivity index (χ0n) is 20.6. The van der Waals surface area contributed by atoms with Crippen LogP contribution in [0.15, 0.2) is 22.8 Å². The molecule has 4 aliphatic carbocycles. The highest BCUT2D eigenvalue weighted by Gasteiger charge is 2.59. The highest BCUT2D eigenvalue weighted by atomic mass is 16.4. The Bertz CT molecular complexity index is 797. The van der Waals surface area contributed by atoms with Crippen LogP contribution in [0.25, 0.3) is 0 Å². The summed E-state index contributed by atoms with van der Waals surface area (Å²) in [5, 5.41) is 28.9. The summed E-state index contributed by atoms with van der Waals surface area (Å²) in [6.45, 7) is 8.92. The van der Waals surface area contributed by atoms with Crippen molar-refractivity contribution in [3.63, 3.8) is 0 Å². The Kier molecular flexibility index (Phi) is 6.68. The van der Waals surface area contributed by atoms with Crippen molar-refractivity contribution < 1.29 is 20.1 Å². The van der Waals surface area contributed by atoms with E-state index < -0.39 is 5.97 Å². The monoisotopic (exact) mass is 444 g/mol. The molecule has 3 N–H and O–H groups in total. The third-order valence-corrected chi connectivity index (χ3v) is 10.7. The second-order valence-corrected chi connectivity index (χ2v) is 12.1. The van der Waals surface area contributed by atoms with E-state index in [-0.39, 0.29) is 18.3 Å². The van der Waals surface area contributed by atoms with Gasteiger partial charge in [0, 0.05) is 0 Å². The molecule has 6 unspecified atom stereocenters. The van der Waals surface area contributed by atoms with Crippen molar-refractivity contribution in [1.82, 2.24) is 0 Å². The largest absolute Gasteiger partial charge is 0.478 e. The number of aliphatic hydroxyl groups is 2. The molecule has 3 saturated carbocycles. The molecular weight excluding hydrogens is 400 g/mol. The fourth-order valence-corrected chi connectivity index (χ4v) is 8.80. The van der Waals surface area contributed by atoms with Crippen LogP contribution in [-0.2, 0) is 4.79 Å². The molecule has 8 atom stereocenters. The van der Waals surface area contributed by atoms with Crippen LogP contribution in [0.1, 0.15) is 91.9 Å². The molecular formula is C28H44O4. The van der Waals surface area contributed by atoms with Gasteiger partial charge in [-0.25, -0.2) is 4.79 Å². The van der Waals surface area contributed by atoms with Gasteiger partial charge >= 0.3 is 5.97 Å². The first-order chi connectivity index (χ1) is 15.1. The fourth-order valence-electron chi connectivity index (χ4n) is 8.80. The number of hydrogen-bond donors (Lipinski definition) is 3. The third kappa shape index (κ3) is 3.90. The maximum Gasteiger partial charge on any atom is 0.333 e. The molecule has 0 radical (unpaired) electrons. The van der Waals surface area contributed by atoms with Crippen molar-refractivity contribution in [3.05, 3.63) is 22.8 Å². The number of hydrogen-bond acceptors (Lipinski definition) is 3. The van der Waals surface area contributed by atoms with E-state index >= 15 is 0 Å². The molecule has 0 aliphatic heterocycles. The van der Waals surface area contributed by atoms with Crippen molar-refractivity contribution in [2.75, 3.05) is 6.61 Å². The molecule has 0 heterocycles. The van der Waals surface area contributed by atoms with Gasteiger partial charge in [-0.3, -0.25) is 0 Å². The van der Waals surface area contributed by atoms with E-state index in [0.29, 0.717) is 22.7 Å².